The van der Waals surface area contributed by atoms with E-state index in [1.54, 1.807) is 0 Å². The van der Waals surface area contributed by atoms with Gasteiger partial charge in [-0.25, -0.2) is 0 Å². The molecule has 2 fully saturated rings. The van der Waals surface area contributed by atoms with Gasteiger partial charge >= 0.3 is 0 Å². The second-order valence-electron chi connectivity index (χ2n) is 8.81. The first-order chi connectivity index (χ1) is 8.94. The second-order valence-corrected chi connectivity index (χ2v) is 19.7. The zero-order valence-electron chi connectivity index (χ0n) is 14.2. The molecule has 0 aromatic rings. The van der Waals surface area contributed by atoms with Gasteiger partial charge in [0.25, 0.3) is 0 Å². The summed E-state index contributed by atoms with van der Waals surface area (Å²) in [6, 6.07) is 0. The maximum Gasteiger partial charge on any atom is 0.0861 e. The molecule has 5 heteroatoms. The van der Waals surface area contributed by atoms with E-state index in [0.717, 1.165) is 25.9 Å². The second kappa shape index (κ2) is 4.91. The summed E-state index contributed by atoms with van der Waals surface area (Å²) in [5, 5.41) is 10.4. The largest absolute Gasteiger partial charge is 0.390 e. The number of hydrogen-bond donors (Lipinski definition) is 1. The SMILES string of the molecule is C[C@@]1([Si](C)(C)C)O[C@@H]1C[C@]1([Si](C)(C)C)OCCC[C@H]1O. The van der Waals surface area contributed by atoms with Crippen molar-refractivity contribution in [3.8, 4) is 0 Å². The van der Waals surface area contributed by atoms with E-state index < -0.39 is 16.1 Å². The van der Waals surface area contributed by atoms with Crippen LogP contribution in [0.15, 0.2) is 0 Å². The molecule has 2 aliphatic rings. The Morgan fingerprint density at radius 3 is 2.10 bits per heavy atom. The van der Waals surface area contributed by atoms with Gasteiger partial charge < -0.3 is 14.6 Å². The number of aliphatic hydroxyl groups is 1. The van der Waals surface area contributed by atoms with Gasteiger partial charge in [0.1, 0.15) is 0 Å². The standard InChI is InChI=1S/C15H32O3Si2/c1-14(19(2,3)4)13(18-14)11-15(20(5,6)7)12(16)9-8-10-17-15/h12-13,16H,8-11H2,1-7H3/t12-,13-,14+,15-/m1/s1. The number of ether oxygens (including phenoxy) is 2. The Morgan fingerprint density at radius 2 is 1.70 bits per heavy atom. The molecular weight excluding hydrogens is 284 g/mol. The summed E-state index contributed by atoms with van der Waals surface area (Å²) in [5.74, 6) is 0. The molecule has 2 aliphatic heterocycles. The van der Waals surface area contributed by atoms with Gasteiger partial charge in [0.05, 0.1) is 38.8 Å². The zero-order chi connectivity index (χ0) is 15.4. The van der Waals surface area contributed by atoms with Gasteiger partial charge in [-0.15, -0.1) is 0 Å². The zero-order valence-corrected chi connectivity index (χ0v) is 16.2. The Labute approximate surface area is 126 Å². The predicted molar refractivity (Wildman–Crippen MR) is 88.5 cm³/mol. The number of hydrogen-bond acceptors (Lipinski definition) is 3. The normalized spacial score (nSPS) is 42.6. The lowest BCUT2D eigenvalue weighted by atomic mass is 9.99. The molecule has 118 valence electrons. The molecule has 1 N–H and O–H groups in total. The first-order valence-electron chi connectivity index (χ1n) is 7.94. The third-order valence-electron chi connectivity index (χ3n) is 5.71. The van der Waals surface area contributed by atoms with Crippen molar-refractivity contribution in [1.82, 2.24) is 0 Å². The summed E-state index contributed by atoms with van der Waals surface area (Å²) in [5.41, 5.74) is 0. The Morgan fingerprint density at radius 1 is 1.10 bits per heavy atom. The van der Waals surface area contributed by atoms with Crippen LogP contribution in [0.25, 0.3) is 0 Å². The molecule has 0 amide bonds. The molecule has 2 saturated heterocycles. The van der Waals surface area contributed by atoms with Crippen molar-refractivity contribution >= 4 is 16.1 Å². The van der Waals surface area contributed by atoms with Gasteiger partial charge in [-0.3, -0.25) is 0 Å². The van der Waals surface area contributed by atoms with Crippen molar-refractivity contribution in [2.75, 3.05) is 6.61 Å². The van der Waals surface area contributed by atoms with Crippen LogP contribution >= 0.6 is 0 Å². The fourth-order valence-electron chi connectivity index (χ4n) is 3.51. The summed E-state index contributed by atoms with van der Waals surface area (Å²) in [6.45, 7) is 17.1. The van der Waals surface area contributed by atoms with Gasteiger partial charge in [-0.1, -0.05) is 39.3 Å². The highest BCUT2D eigenvalue weighted by Crippen LogP contribution is 2.51. The van der Waals surface area contributed by atoms with Crippen molar-refractivity contribution < 1.29 is 14.6 Å². The van der Waals surface area contributed by atoms with Gasteiger partial charge in [-0.05, 0) is 19.8 Å². The molecule has 20 heavy (non-hydrogen) atoms. The van der Waals surface area contributed by atoms with Gasteiger partial charge in [0.2, 0.25) is 0 Å². The Bertz CT molecular complexity index is 374. The molecule has 2 rings (SSSR count). The Kier molecular flexibility index (Phi) is 4.10. The van der Waals surface area contributed by atoms with Crippen LogP contribution in [0.1, 0.15) is 26.2 Å². The molecule has 0 radical (unpaired) electrons. The maximum absolute atomic E-state index is 10.7. The van der Waals surface area contributed by atoms with Crippen LogP contribution in [0.2, 0.25) is 39.3 Å². The lowest BCUT2D eigenvalue weighted by molar-refractivity contribution is -0.116. The smallest absolute Gasteiger partial charge is 0.0861 e. The minimum atomic E-state index is -1.65. The molecule has 2 heterocycles. The molecule has 3 nitrogen and oxygen atoms in total. The van der Waals surface area contributed by atoms with Crippen LogP contribution in [0.5, 0.6) is 0 Å². The molecule has 0 spiro atoms. The van der Waals surface area contributed by atoms with E-state index in [2.05, 4.69) is 46.2 Å². The van der Waals surface area contributed by atoms with Crippen molar-refractivity contribution in [1.29, 1.82) is 0 Å². The highest BCUT2D eigenvalue weighted by atomic mass is 28.3. The highest BCUT2D eigenvalue weighted by molar-refractivity contribution is 6.80. The van der Waals surface area contributed by atoms with Crippen LogP contribution in [-0.2, 0) is 9.47 Å². The molecule has 0 aromatic heterocycles. The first-order valence-corrected chi connectivity index (χ1v) is 14.9. The summed E-state index contributed by atoms with van der Waals surface area (Å²) >= 11 is 0. The van der Waals surface area contributed by atoms with E-state index >= 15 is 0 Å². The van der Waals surface area contributed by atoms with Crippen molar-refractivity contribution in [2.45, 2.75) is 88.1 Å². The summed E-state index contributed by atoms with van der Waals surface area (Å²) in [6.07, 6.45) is 2.68. The number of epoxide rings is 1. The predicted octanol–water partition coefficient (Wildman–Crippen LogP) is 3.20. The van der Waals surface area contributed by atoms with E-state index in [4.69, 9.17) is 9.47 Å². The molecule has 0 saturated carbocycles. The number of aliphatic hydroxyl groups excluding tert-OH is 1. The van der Waals surface area contributed by atoms with Crippen molar-refractivity contribution in [3.05, 3.63) is 0 Å². The van der Waals surface area contributed by atoms with Gasteiger partial charge in [0, 0.05) is 13.0 Å². The third-order valence-corrected chi connectivity index (χ3v) is 12.4. The van der Waals surface area contributed by atoms with E-state index in [1.165, 1.54) is 0 Å². The van der Waals surface area contributed by atoms with Crippen LogP contribution < -0.4 is 0 Å². The van der Waals surface area contributed by atoms with Crippen LogP contribution in [-0.4, -0.2) is 50.5 Å². The van der Waals surface area contributed by atoms with Crippen LogP contribution in [0, 0.1) is 0 Å². The van der Waals surface area contributed by atoms with Crippen molar-refractivity contribution in [3.63, 3.8) is 0 Å². The average molecular weight is 317 g/mol. The van der Waals surface area contributed by atoms with Crippen LogP contribution in [0.3, 0.4) is 0 Å². The van der Waals surface area contributed by atoms with Gasteiger partial charge in [-0.2, -0.15) is 0 Å². The maximum atomic E-state index is 10.7. The van der Waals surface area contributed by atoms with E-state index in [1.807, 2.05) is 0 Å². The average Bonchev–Trinajstić information content (AvgIpc) is 2.92. The fourth-order valence-corrected chi connectivity index (χ4v) is 7.55. The quantitative estimate of drug-likeness (QED) is 0.640. The van der Waals surface area contributed by atoms with Crippen molar-refractivity contribution in [2.24, 2.45) is 0 Å². The number of rotatable bonds is 4. The molecular formula is C15H32O3Si2. The highest BCUT2D eigenvalue weighted by Gasteiger charge is 2.65. The topological polar surface area (TPSA) is 42.0 Å². The Hall–Kier alpha value is 0.314. The molecule has 0 aromatic carbocycles. The molecule has 4 atom stereocenters. The van der Waals surface area contributed by atoms with E-state index in [9.17, 15) is 5.11 Å². The Balaban J connectivity index is 2.20. The minimum Gasteiger partial charge on any atom is -0.390 e. The fraction of sp³-hybridized carbons (Fsp3) is 1.00. The van der Waals surface area contributed by atoms with Gasteiger partial charge in [0.15, 0.2) is 0 Å². The minimum absolute atomic E-state index is 0.0557. The summed E-state index contributed by atoms with van der Waals surface area (Å²) in [7, 11) is -3.00. The summed E-state index contributed by atoms with van der Waals surface area (Å²) in [4.78, 5) is 0. The lowest BCUT2D eigenvalue weighted by Gasteiger charge is -2.49. The monoisotopic (exact) mass is 316 g/mol. The third kappa shape index (κ3) is 2.56. The molecule has 0 bridgehead atoms. The van der Waals surface area contributed by atoms with Crippen LogP contribution in [0.4, 0.5) is 0 Å². The van der Waals surface area contributed by atoms with E-state index in [-0.39, 0.29) is 22.7 Å². The first kappa shape index (κ1) is 16.7. The van der Waals surface area contributed by atoms with E-state index in [0.29, 0.717) is 0 Å². The molecule has 0 unspecified atom stereocenters. The summed E-state index contributed by atoms with van der Waals surface area (Å²) < 4.78 is 12.4. The lowest BCUT2D eigenvalue weighted by Crippen LogP contribution is -2.64. The molecule has 0 aliphatic carbocycles.